The van der Waals surface area contributed by atoms with Crippen molar-refractivity contribution in [3.05, 3.63) is 46.4 Å². The summed E-state index contributed by atoms with van der Waals surface area (Å²) in [4.78, 5) is 0. The van der Waals surface area contributed by atoms with Gasteiger partial charge in [0.25, 0.3) is 0 Å². The highest BCUT2D eigenvalue weighted by molar-refractivity contribution is 9.10. The van der Waals surface area contributed by atoms with Crippen molar-refractivity contribution in [1.29, 1.82) is 0 Å². The lowest BCUT2D eigenvalue weighted by atomic mass is 10.00. The maximum atomic E-state index is 3.63. The lowest BCUT2D eigenvalue weighted by molar-refractivity contribution is 0.617. The highest BCUT2D eigenvalue weighted by Crippen LogP contribution is 2.27. The van der Waals surface area contributed by atoms with Crippen LogP contribution in [0.5, 0.6) is 0 Å². The molecular formula is C17H22BrN. The fourth-order valence-corrected chi connectivity index (χ4v) is 2.94. The third-order valence-corrected chi connectivity index (χ3v) is 4.20. The number of halogens is 1. The SMILES string of the molecule is CCNCCCCCc1ccc(Br)c2ccccc12. The third kappa shape index (κ3) is 4.05. The summed E-state index contributed by atoms with van der Waals surface area (Å²) >= 11 is 3.63. The Labute approximate surface area is 124 Å². The van der Waals surface area contributed by atoms with Crippen LogP contribution < -0.4 is 5.32 Å². The van der Waals surface area contributed by atoms with E-state index in [9.17, 15) is 0 Å². The number of nitrogens with one attached hydrogen (secondary N) is 1. The molecule has 102 valence electrons. The molecular weight excluding hydrogens is 298 g/mol. The minimum atomic E-state index is 1.08. The topological polar surface area (TPSA) is 12.0 Å². The molecule has 0 saturated carbocycles. The van der Waals surface area contributed by atoms with Crippen molar-refractivity contribution in [2.75, 3.05) is 13.1 Å². The van der Waals surface area contributed by atoms with Crippen LogP contribution in [0.3, 0.4) is 0 Å². The fourth-order valence-electron chi connectivity index (χ4n) is 2.46. The zero-order valence-electron chi connectivity index (χ0n) is 11.6. The van der Waals surface area contributed by atoms with Gasteiger partial charge in [0.15, 0.2) is 0 Å². The summed E-state index contributed by atoms with van der Waals surface area (Å²) in [6, 6.07) is 13.1. The number of fused-ring (bicyclic) bond motifs is 1. The van der Waals surface area contributed by atoms with Crippen LogP contribution in [0.15, 0.2) is 40.9 Å². The van der Waals surface area contributed by atoms with E-state index in [2.05, 4.69) is 64.6 Å². The quantitative estimate of drug-likeness (QED) is 0.714. The highest BCUT2D eigenvalue weighted by atomic mass is 79.9. The second-order valence-electron chi connectivity index (χ2n) is 4.92. The van der Waals surface area contributed by atoms with Crippen LogP contribution in [0, 0.1) is 0 Å². The van der Waals surface area contributed by atoms with E-state index in [1.54, 1.807) is 0 Å². The first-order valence-corrected chi connectivity index (χ1v) is 7.99. The molecule has 0 amide bonds. The van der Waals surface area contributed by atoms with Gasteiger partial charge >= 0.3 is 0 Å². The molecule has 0 saturated heterocycles. The summed E-state index contributed by atoms with van der Waals surface area (Å²) in [5.41, 5.74) is 1.47. The van der Waals surface area contributed by atoms with Gasteiger partial charge in [0.2, 0.25) is 0 Å². The lowest BCUT2D eigenvalue weighted by Gasteiger charge is -2.08. The van der Waals surface area contributed by atoms with Gasteiger partial charge in [0.1, 0.15) is 0 Å². The van der Waals surface area contributed by atoms with E-state index in [1.165, 1.54) is 46.5 Å². The summed E-state index contributed by atoms with van der Waals surface area (Å²) in [7, 11) is 0. The van der Waals surface area contributed by atoms with Gasteiger partial charge < -0.3 is 5.32 Å². The molecule has 0 radical (unpaired) electrons. The van der Waals surface area contributed by atoms with Crippen molar-refractivity contribution < 1.29 is 0 Å². The maximum absolute atomic E-state index is 3.63. The molecule has 1 nitrogen and oxygen atoms in total. The molecule has 2 rings (SSSR count). The predicted molar refractivity (Wildman–Crippen MR) is 87.7 cm³/mol. The van der Waals surface area contributed by atoms with E-state index < -0.39 is 0 Å². The van der Waals surface area contributed by atoms with E-state index in [0.29, 0.717) is 0 Å². The molecule has 0 aliphatic heterocycles. The molecule has 19 heavy (non-hydrogen) atoms. The Morgan fingerprint density at radius 2 is 1.74 bits per heavy atom. The van der Waals surface area contributed by atoms with E-state index in [4.69, 9.17) is 0 Å². The third-order valence-electron chi connectivity index (χ3n) is 3.51. The zero-order valence-corrected chi connectivity index (χ0v) is 13.2. The number of benzene rings is 2. The van der Waals surface area contributed by atoms with Gasteiger partial charge in [-0.15, -0.1) is 0 Å². The van der Waals surface area contributed by atoms with Crippen LogP contribution in [0.4, 0.5) is 0 Å². The lowest BCUT2D eigenvalue weighted by Crippen LogP contribution is -2.13. The molecule has 0 unspecified atom stereocenters. The van der Waals surface area contributed by atoms with Gasteiger partial charge in [-0.1, -0.05) is 59.6 Å². The number of rotatable bonds is 7. The first kappa shape index (κ1) is 14.5. The Morgan fingerprint density at radius 3 is 2.53 bits per heavy atom. The largest absolute Gasteiger partial charge is 0.317 e. The molecule has 0 atom stereocenters. The van der Waals surface area contributed by atoms with Gasteiger partial charge in [-0.2, -0.15) is 0 Å². The normalized spacial score (nSPS) is 11.1. The zero-order chi connectivity index (χ0) is 13.5. The molecule has 0 spiro atoms. The summed E-state index contributed by atoms with van der Waals surface area (Å²) in [5.74, 6) is 0. The van der Waals surface area contributed by atoms with Crippen LogP contribution >= 0.6 is 15.9 Å². The fraction of sp³-hybridized carbons (Fsp3) is 0.412. The smallest absolute Gasteiger partial charge is 0.0253 e. The predicted octanol–water partition coefficient (Wildman–Crippen LogP) is 4.92. The Morgan fingerprint density at radius 1 is 0.947 bits per heavy atom. The standard InChI is InChI=1S/C17H22BrN/c1-2-19-13-7-3-4-8-14-11-12-17(18)16-10-6-5-9-15(14)16/h5-6,9-12,19H,2-4,7-8,13H2,1H3. The summed E-state index contributed by atoms with van der Waals surface area (Å²) < 4.78 is 1.19. The van der Waals surface area contributed by atoms with E-state index in [0.717, 1.165) is 13.1 Å². The van der Waals surface area contributed by atoms with Gasteiger partial charge in [-0.05, 0) is 54.8 Å². The first-order valence-electron chi connectivity index (χ1n) is 7.19. The first-order chi connectivity index (χ1) is 9.33. The Kier molecular flexibility index (Phi) is 5.87. The van der Waals surface area contributed by atoms with Crippen LogP contribution in [-0.2, 0) is 6.42 Å². The molecule has 0 bridgehead atoms. The monoisotopic (exact) mass is 319 g/mol. The number of hydrogen-bond donors (Lipinski definition) is 1. The number of hydrogen-bond acceptors (Lipinski definition) is 1. The van der Waals surface area contributed by atoms with Gasteiger partial charge in [0.05, 0.1) is 0 Å². The Balaban J connectivity index is 1.96. The summed E-state index contributed by atoms with van der Waals surface area (Å²) in [6.45, 7) is 4.39. The Hall–Kier alpha value is -0.860. The van der Waals surface area contributed by atoms with E-state index in [1.807, 2.05) is 0 Å². The van der Waals surface area contributed by atoms with Crippen LogP contribution in [-0.4, -0.2) is 13.1 Å². The molecule has 2 heteroatoms. The Bertz CT molecular complexity index is 522. The van der Waals surface area contributed by atoms with Gasteiger partial charge in [0, 0.05) is 4.47 Å². The molecule has 2 aromatic carbocycles. The molecule has 0 aromatic heterocycles. The summed E-state index contributed by atoms with van der Waals surface area (Å²) in [6.07, 6.45) is 5.04. The van der Waals surface area contributed by atoms with Gasteiger partial charge in [-0.3, -0.25) is 0 Å². The van der Waals surface area contributed by atoms with E-state index >= 15 is 0 Å². The molecule has 2 aromatic rings. The average molecular weight is 320 g/mol. The second kappa shape index (κ2) is 7.66. The average Bonchev–Trinajstić information content (AvgIpc) is 2.45. The van der Waals surface area contributed by atoms with Crippen molar-refractivity contribution >= 4 is 26.7 Å². The van der Waals surface area contributed by atoms with Crippen molar-refractivity contribution in [3.8, 4) is 0 Å². The second-order valence-corrected chi connectivity index (χ2v) is 5.77. The summed E-state index contributed by atoms with van der Waals surface area (Å²) in [5, 5.41) is 6.10. The molecule has 0 fully saturated rings. The molecule has 0 aliphatic carbocycles. The minimum Gasteiger partial charge on any atom is -0.317 e. The molecule has 1 N–H and O–H groups in total. The van der Waals surface area contributed by atoms with Crippen LogP contribution in [0.2, 0.25) is 0 Å². The van der Waals surface area contributed by atoms with E-state index in [-0.39, 0.29) is 0 Å². The molecule has 0 heterocycles. The van der Waals surface area contributed by atoms with Gasteiger partial charge in [-0.25, -0.2) is 0 Å². The van der Waals surface area contributed by atoms with Crippen molar-refractivity contribution in [2.24, 2.45) is 0 Å². The van der Waals surface area contributed by atoms with Crippen molar-refractivity contribution in [3.63, 3.8) is 0 Å². The maximum Gasteiger partial charge on any atom is 0.0253 e. The van der Waals surface area contributed by atoms with Crippen molar-refractivity contribution in [2.45, 2.75) is 32.6 Å². The van der Waals surface area contributed by atoms with Crippen LogP contribution in [0.1, 0.15) is 31.7 Å². The number of unbranched alkanes of at least 4 members (excludes halogenated alkanes) is 2. The minimum absolute atomic E-state index is 1.08. The highest BCUT2D eigenvalue weighted by Gasteiger charge is 2.03. The van der Waals surface area contributed by atoms with Crippen LogP contribution in [0.25, 0.3) is 10.8 Å². The number of aryl methyl sites for hydroxylation is 1. The van der Waals surface area contributed by atoms with Crippen molar-refractivity contribution in [1.82, 2.24) is 5.32 Å². The molecule has 0 aliphatic rings.